The van der Waals surface area contributed by atoms with Crippen LogP contribution >= 0.6 is 0 Å². The predicted molar refractivity (Wildman–Crippen MR) is 118 cm³/mol. The van der Waals surface area contributed by atoms with Crippen LogP contribution in [0.15, 0.2) is 48.5 Å². The number of aryl methyl sites for hydroxylation is 1. The zero-order valence-corrected chi connectivity index (χ0v) is 17.9. The van der Waals surface area contributed by atoms with Crippen LogP contribution in [0.1, 0.15) is 31.4 Å². The van der Waals surface area contributed by atoms with Gasteiger partial charge < -0.3 is 14.7 Å². The average molecular weight is 394 g/mol. The van der Waals surface area contributed by atoms with Gasteiger partial charge >= 0.3 is 0 Å². The van der Waals surface area contributed by atoms with Crippen molar-refractivity contribution >= 4 is 23.2 Å². The van der Waals surface area contributed by atoms with E-state index in [1.807, 2.05) is 50.4 Å². The van der Waals surface area contributed by atoms with Gasteiger partial charge in [0.2, 0.25) is 11.8 Å². The van der Waals surface area contributed by atoms with E-state index >= 15 is 0 Å². The van der Waals surface area contributed by atoms with Gasteiger partial charge in [0.15, 0.2) is 0 Å². The molecular formula is C24H31N3O2. The summed E-state index contributed by atoms with van der Waals surface area (Å²) >= 11 is 0. The minimum absolute atomic E-state index is 0.0233. The van der Waals surface area contributed by atoms with Crippen molar-refractivity contribution in [3.05, 3.63) is 59.7 Å². The second-order valence-corrected chi connectivity index (χ2v) is 7.73. The summed E-state index contributed by atoms with van der Waals surface area (Å²) in [5, 5.41) is 0. The van der Waals surface area contributed by atoms with Crippen molar-refractivity contribution in [3.8, 4) is 0 Å². The lowest BCUT2D eigenvalue weighted by atomic mass is 10.1. The number of carbonyl (C=O) groups is 2. The van der Waals surface area contributed by atoms with Crippen LogP contribution < -0.4 is 9.80 Å². The van der Waals surface area contributed by atoms with Crippen LogP contribution in [0.3, 0.4) is 0 Å². The molecular weight excluding hydrogens is 362 g/mol. The Bertz CT molecular complexity index is 862. The third-order valence-electron chi connectivity index (χ3n) is 5.71. The Morgan fingerprint density at radius 2 is 1.79 bits per heavy atom. The average Bonchev–Trinajstić information content (AvgIpc) is 3.10. The highest BCUT2D eigenvalue weighted by atomic mass is 16.2. The first-order valence-electron chi connectivity index (χ1n) is 10.4. The molecule has 1 atom stereocenters. The molecule has 3 rings (SSSR count). The molecule has 2 amide bonds. The summed E-state index contributed by atoms with van der Waals surface area (Å²) in [5.74, 6) is -0.240. The quantitative estimate of drug-likeness (QED) is 0.718. The standard InChI is InChI=1S/C24H31N3O2/c1-5-26(6-2)21-12-13-22(18(3)14-21)27-17-20(15-23(27)28)24(29)25(4)16-19-10-8-7-9-11-19/h7-14,20H,5-6,15-17H2,1-4H3. The molecule has 29 heavy (non-hydrogen) atoms. The van der Waals surface area contributed by atoms with Gasteiger partial charge in [0.25, 0.3) is 0 Å². The largest absolute Gasteiger partial charge is 0.372 e. The molecule has 1 aliphatic heterocycles. The SMILES string of the molecule is CCN(CC)c1ccc(N2CC(C(=O)N(C)Cc3ccccc3)CC2=O)c(C)c1. The summed E-state index contributed by atoms with van der Waals surface area (Å²) in [4.78, 5) is 31.4. The predicted octanol–water partition coefficient (Wildman–Crippen LogP) is 3.85. The fourth-order valence-corrected chi connectivity index (χ4v) is 4.08. The van der Waals surface area contributed by atoms with Gasteiger partial charge in [0.1, 0.15) is 0 Å². The van der Waals surface area contributed by atoms with E-state index in [0.717, 1.165) is 35.6 Å². The van der Waals surface area contributed by atoms with Gasteiger partial charge in [-0.05, 0) is 50.1 Å². The Morgan fingerprint density at radius 3 is 2.41 bits per heavy atom. The normalized spacial score (nSPS) is 16.2. The van der Waals surface area contributed by atoms with Crippen LogP contribution in [0.2, 0.25) is 0 Å². The van der Waals surface area contributed by atoms with E-state index in [1.54, 1.807) is 9.80 Å². The molecule has 1 saturated heterocycles. The topological polar surface area (TPSA) is 43.9 Å². The maximum Gasteiger partial charge on any atom is 0.228 e. The molecule has 2 aromatic rings. The van der Waals surface area contributed by atoms with Gasteiger partial charge in [-0.2, -0.15) is 0 Å². The van der Waals surface area contributed by atoms with Gasteiger partial charge in [-0.25, -0.2) is 0 Å². The first kappa shape index (κ1) is 20.9. The maximum absolute atomic E-state index is 12.9. The lowest BCUT2D eigenvalue weighted by molar-refractivity contribution is -0.135. The maximum atomic E-state index is 12.9. The molecule has 154 valence electrons. The molecule has 0 aromatic heterocycles. The molecule has 1 unspecified atom stereocenters. The van der Waals surface area contributed by atoms with Crippen molar-refractivity contribution in [2.24, 2.45) is 5.92 Å². The van der Waals surface area contributed by atoms with Crippen molar-refractivity contribution in [3.63, 3.8) is 0 Å². The summed E-state index contributed by atoms with van der Waals surface area (Å²) in [7, 11) is 1.81. The summed E-state index contributed by atoms with van der Waals surface area (Å²) in [5.41, 5.74) is 4.23. The number of carbonyl (C=O) groups excluding carboxylic acids is 2. The third-order valence-corrected chi connectivity index (χ3v) is 5.71. The number of hydrogen-bond donors (Lipinski definition) is 0. The van der Waals surface area contributed by atoms with Gasteiger partial charge in [-0.1, -0.05) is 30.3 Å². The monoisotopic (exact) mass is 393 g/mol. The van der Waals surface area contributed by atoms with E-state index in [9.17, 15) is 9.59 Å². The highest BCUT2D eigenvalue weighted by Crippen LogP contribution is 2.31. The van der Waals surface area contributed by atoms with Gasteiger partial charge in [-0.15, -0.1) is 0 Å². The van der Waals surface area contributed by atoms with Crippen molar-refractivity contribution in [2.75, 3.05) is 36.5 Å². The van der Waals surface area contributed by atoms with Crippen LogP contribution in [0.25, 0.3) is 0 Å². The zero-order chi connectivity index (χ0) is 21.0. The molecule has 5 heteroatoms. The Morgan fingerprint density at radius 1 is 1.10 bits per heavy atom. The molecule has 1 heterocycles. The van der Waals surface area contributed by atoms with Crippen LogP contribution in [0.5, 0.6) is 0 Å². The summed E-state index contributed by atoms with van der Waals surface area (Å²) in [6.45, 7) is 9.21. The number of amides is 2. The Kier molecular flexibility index (Phi) is 6.57. The summed E-state index contributed by atoms with van der Waals surface area (Å²) < 4.78 is 0. The van der Waals surface area contributed by atoms with E-state index in [2.05, 4.69) is 30.9 Å². The molecule has 1 fully saturated rings. The van der Waals surface area contributed by atoms with E-state index in [-0.39, 0.29) is 24.2 Å². The van der Waals surface area contributed by atoms with E-state index in [0.29, 0.717) is 13.1 Å². The third kappa shape index (κ3) is 4.61. The Balaban J connectivity index is 1.70. The van der Waals surface area contributed by atoms with Crippen molar-refractivity contribution < 1.29 is 9.59 Å². The second kappa shape index (κ2) is 9.12. The van der Waals surface area contributed by atoms with Crippen molar-refractivity contribution in [1.29, 1.82) is 0 Å². The number of hydrogen-bond acceptors (Lipinski definition) is 3. The van der Waals surface area contributed by atoms with Crippen molar-refractivity contribution in [1.82, 2.24) is 4.90 Å². The second-order valence-electron chi connectivity index (χ2n) is 7.73. The molecule has 0 N–H and O–H groups in total. The molecule has 0 saturated carbocycles. The highest BCUT2D eigenvalue weighted by Gasteiger charge is 2.37. The van der Waals surface area contributed by atoms with Crippen molar-refractivity contribution in [2.45, 2.75) is 33.7 Å². The molecule has 0 spiro atoms. The van der Waals surface area contributed by atoms with Gasteiger partial charge in [-0.3, -0.25) is 9.59 Å². The van der Waals surface area contributed by atoms with E-state index in [1.165, 1.54) is 0 Å². The van der Waals surface area contributed by atoms with Gasteiger partial charge in [0, 0.05) is 51.0 Å². The smallest absolute Gasteiger partial charge is 0.228 e. The highest BCUT2D eigenvalue weighted by molar-refractivity contribution is 6.01. The molecule has 5 nitrogen and oxygen atoms in total. The van der Waals surface area contributed by atoms with E-state index in [4.69, 9.17) is 0 Å². The van der Waals surface area contributed by atoms with Crippen LogP contribution in [0, 0.1) is 12.8 Å². The summed E-state index contributed by atoms with van der Waals surface area (Å²) in [6.07, 6.45) is 0.273. The molecule has 2 aromatic carbocycles. The lowest BCUT2D eigenvalue weighted by Crippen LogP contribution is -2.34. The molecule has 0 radical (unpaired) electrons. The summed E-state index contributed by atoms with van der Waals surface area (Å²) in [6, 6.07) is 16.1. The fourth-order valence-electron chi connectivity index (χ4n) is 4.08. The van der Waals surface area contributed by atoms with Crippen LogP contribution in [-0.4, -0.2) is 43.4 Å². The van der Waals surface area contributed by atoms with E-state index < -0.39 is 0 Å². The Labute approximate surface area is 173 Å². The fraction of sp³-hybridized carbons (Fsp3) is 0.417. The number of anilines is 2. The zero-order valence-electron chi connectivity index (χ0n) is 17.9. The van der Waals surface area contributed by atoms with Crippen LogP contribution in [0.4, 0.5) is 11.4 Å². The molecule has 0 aliphatic carbocycles. The lowest BCUT2D eigenvalue weighted by Gasteiger charge is -2.25. The van der Waals surface area contributed by atoms with Gasteiger partial charge in [0.05, 0.1) is 5.92 Å². The number of nitrogens with zero attached hydrogens (tertiary/aromatic N) is 3. The first-order chi connectivity index (χ1) is 13.9. The van der Waals surface area contributed by atoms with Crippen LogP contribution in [-0.2, 0) is 16.1 Å². The first-order valence-corrected chi connectivity index (χ1v) is 10.4. The molecule has 0 bridgehead atoms. The minimum atomic E-state index is -0.293. The molecule has 1 aliphatic rings. The number of benzene rings is 2. The number of rotatable bonds is 7. The Hall–Kier alpha value is -2.82. The minimum Gasteiger partial charge on any atom is -0.372 e.